The summed E-state index contributed by atoms with van der Waals surface area (Å²) in [7, 11) is 0. The number of rotatable bonds is 7. The van der Waals surface area contributed by atoms with Crippen molar-refractivity contribution in [1.82, 2.24) is 5.32 Å². The summed E-state index contributed by atoms with van der Waals surface area (Å²) in [5.74, 6) is -1.09. The molecule has 1 aromatic rings. The highest BCUT2D eigenvalue weighted by atomic mass is 16.5. The number of hydrogen-bond acceptors (Lipinski definition) is 3. The number of hydrogen-bond donors (Lipinski definition) is 2. The van der Waals surface area contributed by atoms with E-state index in [4.69, 9.17) is 9.84 Å². The lowest BCUT2D eigenvalue weighted by molar-refractivity contribution is -0.140. The molecule has 5 nitrogen and oxygen atoms in total. The van der Waals surface area contributed by atoms with Gasteiger partial charge in [-0.15, -0.1) is 0 Å². The maximum Gasteiger partial charge on any atom is 0.308 e. The Morgan fingerprint density at radius 2 is 1.95 bits per heavy atom. The van der Waals surface area contributed by atoms with Crippen molar-refractivity contribution in [3.63, 3.8) is 0 Å². The monoisotopic (exact) mass is 265 g/mol. The minimum Gasteiger partial charge on any atom is -0.494 e. The molecular weight excluding hydrogens is 246 g/mol. The number of carboxylic acid groups (broad SMARTS) is 1. The van der Waals surface area contributed by atoms with Crippen molar-refractivity contribution in [1.29, 1.82) is 0 Å². The smallest absolute Gasteiger partial charge is 0.308 e. The Balaban J connectivity index is 2.51. The van der Waals surface area contributed by atoms with Crippen LogP contribution < -0.4 is 10.1 Å². The van der Waals surface area contributed by atoms with Gasteiger partial charge in [0.25, 0.3) is 5.91 Å². The van der Waals surface area contributed by atoms with Crippen molar-refractivity contribution < 1.29 is 19.4 Å². The lowest BCUT2D eigenvalue weighted by Gasteiger charge is -2.09. The first-order valence-corrected chi connectivity index (χ1v) is 6.28. The number of carbonyl (C=O) groups excluding carboxylic acids is 1. The van der Waals surface area contributed by atoms with Gasteiger partial charge in [-0.1, -0.05) is 13.8 Å². The van der Waals surface area contributed by atoms with Crippen molar-refractivity contribution in [2.24, 2.45) is 5.92 Å². The van der Waals surface area contributed by atoms with Crippen molar-refractivity contribution in [2.75, 3.05) is 13.2 Å². The van der Waals surface area contributed by atoms with Crippen molar-refractivity contribution in [3.8, 4) is 5.75 Å². The topological polar surface area (TPSA) is 75.6 Å². The van der Waals surface area contributed by atoms with Gasteiger partial charge in [-0.3, -0.25) is 9.59 Å². The summed E-state index contributed by atoms with van der Waals surface area (Å²) in [5.41, 5.74) is 0.487. The molecule has 0 saturated heterocycles. The quantitative estimate of drug-likeness (QED) is 0.789. The van der Waals surface area contributed by atoms with E-state index in [9.17, 15) is 9.59 Å². The van der Waals surface area contributed by atoms with E-state index >= 15 is 0 Å². The molecule has 0 bridgehead atoms. The normalized spacial score (nSPS) is 11.7. The van der Waals surface area contributed by atoms with E-state index in [1.165, 1.54) is 0 Å². The van der Waals surface area contributed by atoms with Gasteiger partial charge in [-0.05, 0) is 30.7 Å². The molecule has 1 amide bonds. The second-order valence-corrected chi connectivity index (χ2v) is 4.32. The van der Waals surface area contributed by atoms with Crippen LogP contribution in [0.2, 0.25) is 0 Å². The fourth-order valence-electron chi connectivity index (χ4n) is 1.36. The Morgan fingerprint density at radius 1 is 1.32 bits per heavy atom. The number of ether oxygens (including phenoxy) is 1. The van der Waals surface area contributed by atoms with Crippen LogP contribution in [0.4, 0.5) is 0 Å². The van der Waals surface area contributed by atoms with Crippen molar-refractivity contribution >= 4 is 11.9 Å². The van der Waals surface area contributed by atoms with E-state index in [1.54, 1.807) is 31.2 Å². The molecule has 19 heavy (non-hydrogen) atoms. The van der Waals surface area contributed by atoms with Crippen LogP contribution in [0, 0.1) is 5.92 Å². The summed E-state index contributed by atoms with van der Waals surface area (Å²) in [6.07, 6.45) is 0.926. The number of aliphatic carboxylic acids is 1. The van der Waals surface area contributed by atoms with Crippen LogP contribution in [-0.2, 0) is 4.79 Å². The molecule has 2 N–H and O–H groups in total. The minimum absolute atomic E-state index is 0.113. The van der Waals surface area contributed by atoms with E-state index in [1.807, 2.05) is 6.92 Å². The van der Waals surface area contributed by atoms with Crippen LogP contribution in [0.25, 0.3) is 0 Å². The van der Waals surface area contributed by atoms with Crippen molar-refractivity contribution in [3.05, 3.63) is 29.8 Å². The number of benzene rings is 1. The standard InChI is InChI=1S/C14H19NO4/c1-3-8-19-12-6-4-11(5-7-12)13(16)15-9-10(2)14(17)18/h4-7,10H,3,8-9H2,1-2H3,(H,15,16)(H,17,18). The van der Waals surface area contributed by atoms with Gasteiger partial charge >= 0.3 is 5.97 Å². The third kappa shape index (κ3) is 4.99. The second kappa shape index (κ2) is 7.41. The summed E-state index contributed by atoms with van der Waals surface area (Å²) in [4.78, 5) is 22.4. The molecule has 0 aliphatic heterocycles. The number of amides is 1. The second-order valence-electron chi connectivity index (χ2n) is 4.32. The van der Waals surface area contributed by atoms with Crippen LogP contribution in [-0.4, -0.2) is 30.1 Å². The largest absolute Gasteiger partial charge is 0.494 e. The van der Waals surface area contributed by atoms with E-state index < -0.39 is 11.9 Å². The Labute approximate surface area is 112 Å². The lowest BCUT2D eigenvalue weighted by atomic mass is 10.1. The minimum atomic E-state index is -0.927. The summed E-state index contributed by atoms with van der Waals surface area (Å²) in [5, 5.41) is 11.3. The van der Waals surface area contributed by atoms with Gasteiger partial charge in [0.1, 0.15) is 5.75 Å². The van der Waals surface area contributed by atoms with Gasteiger partial charge in [-0.25, -0.2) is 0 Å². The summed E-state index contributed by atoms with van der Waals surface area (Å²) in [6.45, 7) is 4.32. The van der Waals surface area contributed by atoms with Gasteiger partial charge in [0.15, 0.2) is 0 Å². The first-order chi connectivity index (χ1) is 9.04. The highest BCUT2D eigenvalue weighted by molar-refractivity contribution is 5.94. The number of carboxylic acids is 1. The average molecular weight is 265 g/mol. The lowest BCUT2D eigenvalue weighted by Crippen LogP contribution is -2.31. The average Bonchev–Trinajstić information content (AvgIpc) is 2.42. The van der Waals surface area contributed by atoms with Gasteiger partial charge in [0.05, 0.1) is 12.5 Å². The maximum atomic E-state index is 11.8. The Bertz CT molecular complexity index is 428. The first kappa shape index (κ1) is 15.0. The van der Waals surface area contributed by atoms with E-state index in [2.05, 4.69) is 5.32 Å². The van der Waals surface area contributed by atoms with E-state index in [-0.39, 0.29) is 12.5 Å². The molecule has 1 aromatic carbocycles. The molecule has 1 unspecified atom stereocenters. The SMILES string of the molecule is CCCOc1ccc(C(=O)NCC(C)C(=O)O)cc1. The molecule has 0 saturated carbocycles. The zero-order chi connectivity index (χ0) is 14.3. The highest BCUT2D eigenvalue weighted by Crippen LogP contribution is 2.12. The summed E-state index contributed by atoms with van der Waals surface area (Å²) < 4.78 is 5.41. The predicted octanol–water partition coefficient (Wildman–Crippen LogP) is 1.93. The molecule has 0 spiro atoms. The number of nitrogens with one attached hydrogen (secondary N) is 1. The van der Waals surface area contributed by atoms with Gasteiger partial charge in [-0.2, -0.15) is 0 Å². The third-order valence-electron chi connectivity index (χ3n) is 2.58. The van der Waals surface area contributed by atoms with Gasteiger partial charge in [0, 0.05) is 12.1 Å². The molecular formula is C14H19NO4. The summed E-state index contributed by atoms with van der Waals surface area (Å²) in [6, 6.07) is 6.77. The summed E-state index contributed by atoms with van der Waals surface area (Å²) >= 11 is 0. The van der Waals surface area contributed by atoms with Gasteiger partial charge < -0.3 is 15.2 Å². The zero-order valence-electron chi connectivity index (χ0n) is 11.2. The Hall–Kier alpha value is -2.04. The van der Waals surface area contributed by atoms with Crippen LogP contribution in [0.5, 0.6) is 5.75 Å². The Kier molecular flexibility index (Phi) is 5.85. The molecule has 0 aromatic heterocycles. The molecule has 1 rings (SSSR count). The van der Waals surface area contributed by atoms with Crippen LogP contribution in [0.1, 0.15) is 30.6 Å². The van der Waals surface area contributed by atoms with Gasteiger partial charge in [0.2, 0.25) is 0 Å². The Morgan fingerprint density at radius 3 is 2.47 bits per heavy atom. The van der Waals surface area contributed by atoms with Crippen molar-refractivity contribution in [2.45, 2.75) is 20.3 Å². The molecule has 0 aliphatic rings. The molecule has 0 fully saturated rings. The van der Waals surface area contributed by atoms with Crippen LogP contribution in [0.3, 0.4) is 0 Å². The predicted molar refractivity (Wildman–Crippen MR) is 71.4 cm³/mol. The van der Waals surface area contributed by atoms with E-state index in [0.717, 1.165) is 12.2 Å². The number of carbonyl (C=O) groups is 2. The van der Waals surface area contributed by atoms with E-state index in [0.29, 0.717) is 12.2 Å². The fourth-order valence-corrected chi connectivity index (χ4v) is 1.36. The molecule has 1 atom stereocenters. The highest BCUT2D eigenvalue weighted by Gasteiger charge is 2.13. The third-order valence-corrected chi connectivity index (χ3v) is 2.58. The molecule has 0 heterocycles. The molecule has 0 aliphatic carbocycles. The fraction of sp³-hybridized carbons (Fsp3) is 0.429. The zero-order valence-corrected chi connectivity index (χ0v) is 11.2. The molecule has 5 heteroatoms. The molecule has 0 radical (unpaired) electrons. The molecule has 104 valence electrons. The van der Waals surface area contributed by atoms with Crippen LogP contribution >= 0.6 is 0 Å². The first-order valence-electron chi connectivity index (χ1n) is 6.28. The van der Waals surface area contributed by atoms with Crippen LogP contribution in [0.15, 0.2) is 24.3 Å². The maximum absolute atomic E-state index is 11.8.